The zero-order valence-corrected chi connectivity index (χ0v) is 12.8. The summed E-state index contributed by atoms with van der Waals surface area (Å²) in [7, 11) is 1.64. The third-order valence-corrected chi connectivity index (χ3v) is 4.38. The molecular weight excluding hydrogens is 295 g/mol. The molecule has 0 spiro atoms. The van der Waals surface area contributed by atoms with E-state index in [2.05, 4.69) is 9.88 Å². The number of nitrogens with zero attached hydrogens (tertiary/aromatic N) is 2. The highest BCUT2D eigenvalue weighted by molar-refractivity contribution is 6.42. The molecular formula is C15H16Cl2N2O. The number of benzene rings is 1. The Bertz CT molecular complexity index is 639. The summed E-state index contributed by atoms with van der Waals surface area (Å²) < 4.78 is 5.26. The number of hydrogen-bond acceptors (Lipinski definition) is 3. The quantitative estimate of drug-likeness (QED) is 0.761. The lowest BCUT2D eigenvalue weighted by Gasteiger charge is -2.30. The van der Waals surface area contributed by atoms with Gasteiger partial charge in [0.2, 0.25) is 0 Å². The van der Waals surface area contributed by atoms with Crippen LogP contribution in [0.4, 0.5) is 5.69 Å². The number of piperidine rings is 1. The Morgan fingerprint density at radius 3 is 2.60 bits per heavy atom. The zero-order valence-electron chi connectivity index (χ0n) is 11.3. The van der Waals surface area contributed by atoms with E-state index in [1.807, 2.05) is 18.2 Å². The fraction of sp³-hybridized carbons (Fsp3) is 0.400. The van der Waals surface area contributed by atoms with E-state index in [0.717, 1.165) is 35.4 Å². The van der Waals surface area contributed by atoms with Crippen LogP contribution in [0, 0.1) is 0 Å². The molecule has 0 amide bonds. The van der Waals surface area contributed by atoms with Crippen molar-refractivity contribution in [3.63, 3.8) is 0 Å². The molecule has 1 aromatic heterocycles. The molecule has 3 nitrogen and oxygen atoms in total. The highest BCUT2D eigenvalue weighted by Crippen LogP contribution is 2.39. The van der Waals surface area contributed by atoms with Crippen LogP contribution in [0.1, 0.15) is 19.3 Å². The smallest absolute Gasteiger partial charge is 0.154 e. The summed E-state index contributed by atoms with van der Waals surface area (Å²) in [6.07, 6.45) is 3.60. The number of rotatable bonds is 2. The third kappa shape index (κ3) is 2.40. The molecule has 0 N–H and O–H groups in total. The second-order valence-corrected chi connectivity index (χ2v) is 5.73. The van der Waals surface area contributed by atoms with Gasteiger partial charge in [0, 0.05) is 18.5 Å². The number of pyridine rings is 1. The number of hydrogen-bond donors (Lipinski definition) is 0. The van der Waals surface area contributed by atoms with Crippen molar-refractivity contribution in [2.24, 2.45) is 0 Å². The molecule has 0 atom stereocenters. The van der Waals surface area contributed by atoms with E-state index >= 15 is 0 Å². The highest BCUT2D eigenvalue weighted by atomic mass is 35.5. The first-order valence-electron chi connectivity index (χ1n) is 6.78. The highest BCUT2D eigenvalue weighted by Gasteiger charge is 2.20. The summed E-state index contributed by atoms with van der Waals surface area (Å²) in [4.78, 5) is 6.71. The molecule has 1 aliphatic rings. The van der Waals surface area contributed by atoms with Gasteiger partial charge >= 0.3 is 0 Å². The molecule has 2 aromatic rings. The summed E-state index contributed by atoms with van der Waals surface area (Å²) >= 11 is 12.9. The van der Waals surface area contributed by atoms with E-state index in [-0.39, 0.29) is 0 Å². The maximum absolute atomic E-state index is 6.59. The predicted molar refractivity (Wildman–Crippen MR) is 84.4 cm³/mol. The molecule has 0 saturated carbocycles. The third-order valence-electron chi connectivity index (χ3n) is 3.73. The Morgan fingerprint density at radius 2 is 1.90 bits per heavy atom. The number of ether oxygens (including phenoxy) is 1. The minimum absolute atomic E-state index is 0.481. The average molecular weight is 311 g/mol. The number of aromatic nitrogens is 1. The summed E-state index contributed by atoms with van der Waals surface area (Å²) in [5, 5.41) is 2.03. The molecule has 106 valence electrons. The molecule has 1 fully saturated rings. The SMILES string of the molecule is COc1ccc2nc(Cl)c(N3CCCCC3)c(Cl)c2c1. The number of anilines is 1. The molecule has 1 aromatic carbocycles. The topological polar surface area (TPSA) is 25.4 Å². The first-order valence-corrected chi connectivity index (χ1v) is 7.54. The lowest BCUT2D eigenvalue weighted by Crippen LogP contribution is -2.30. The van der Waals surface area contributed by atoms with Gasteiger partial charge < -0.3 is 9.64 Å². The van der Waals surface area contributed by atoms with Gasteiger partial charge in [-0.2, -0.15) is 0 Å². The van der Waals surface area contributed by atoms with Crippen LogP contribution >= 0.6 is 23.2 Å². The number of halogens is 2. The van der Waals surface area contributed by atoms with Crippen LogP contribution in [0.15, 0.2) is 18.2 Å². The van der Waals surface area contributed by atoms with Crippen molar-refractivity contribution in [2.75, 3.05) is 25.1 Å². The summed E-state index contributed by atoms with van der Waals surface area (Å²) in [5.41, 5.74) is 1.65. The Morgan fingerprint density at radius 1 is 1.15 bits per heavy atom. The normalized spacial score (nSPS) is 15.7. The van der Waals surface area contributed by atoms with Crippen molar-refractivity contribution in [3.8, 4) is 5.75 Å². The van der Waals surface area contributed by atoms with Crippen LogP contribution in [0.25, 0.3) is 10.9 Å². The Kier molecular flexibility index (Phi) is 3.90. The lowest BCUT2D eigenvalue weighted by molar-refractivity contribution is 0.415. The minimum Gasteiger partial charge on any atom is -0.497 e. The standard InChI is InChI=1S/C15H16Cl2N2O/c1-20-10-5-6-12-11(9-10)13(16)14(15(17)18-12)19-7-3-2-4-8-19/h5-6,9H,2-4,7-8H2,1H3. The molecule has 2 heterocycles. The van der Waals surface area contributed by atoms with Gasteiger partial charge in [-0.3, -0.25) is 0 Å². The maximum atomic E-state index is 6.59. The first-order chi connectivity index (χ1) is 9.70. The predicted octanol–water partition coefficient (Wildman–Crippen LogP) is 4.54. The Balaban J connectivity index is 2.15. The van der Waals surface area contributed by atoms with Gasteiger partial charge in [0.25, 0.3) is 0 Å². The van der Waals surface area contributed by atoms with Gasteiger partial charge in [0.15, 0.2) is 5.15 Å². The second kappa shape index (κ2) is 5.66. The van der Waals surface area contributed by atoms with E-state index in [0.29, 0.717) is 10.2 Å². The average Bonchev–Trinajstić information content (AvgIpc) is 2.48. The molecule has 1 aliphatic heterocycles. The van der Waals surface area contributed by atoms with E-state index < -0.39 is 0 Å². The van der Waals surface area contributed by atoms with Crippen LogP contribution in [0.5, 0.6) is 5.75 Å². The van der Waals surface area contributed by atoms with E-state index in [9.17, 15) is 0 Å². The number of methoxy groups -OCH3 is 1. The van der Waals surface area contributed by atoms with Gasteiger partial charge in [-0.25, -0.2) is 4.98 Å². The van der Waals surface area contributed by atoms with Crippen molar-refractivity contribution in [1.29, 1.82) is 0 Å². The van der Waals surface area contributed by atoms with E-state index in [4.69, 9.17) is 27.9 Å². The van der Waals surface area contributed by atoms with Gasteiger partial charge in [0.1, 0.15) is 5.75 Å². The minimum atomic E-state index is 0.481. The molecule has 20 heavy (non-hydrogen) atoms. The summed E-state index contributed by atoms with van der Waals surface area (Å²) in [6.45, 7) is 1.97. The largest absolute Gasteiger partial charge is 0.497 e. The van der Waals surface area contributed by atoms with Crippen molar-refractivity contribution >= 4 is 39.8 Å². The molecule has 3 rings (SSSR count). The van der Waals surface area contributed by atoms with Crippen molar-refractivity contribution in [1.82, 2.24) is 4.98 Å². The maximum Gasteiger partial charge on any atom is 0.154 e. The van der Waals surface area contributed by atoms with Gasteiger partial charge in [-0.15, -0.1) is 0 Å². The lowest BCUT2D eigenvalue weighted by atomic mass is 10.1. The Labute approximate surface area is 128 Å². The summed E-state index contributed by atoms with van der Waals surface area (Å²) in [5.74, 6) is 0.771. The van der Waals surface area contributed by atoms with E-state index in [1.54, 1.807) is 7.11 Å². The number of fused-ring (bicyclic) bond motifs is 1. The fourth-order valence-corrected chi connectivity index (χ4v) is 3.39. The molecule has 5 heteroatoms. The molecule has 1 saturated heterocycles. The van der Waals surface area contributed by atoms with Crippen LogP contribution < -0.4 is 9.64 Å². The van der Waals surface area contributed by atoms with Crippen LogP contribution in [0.2, 0.25) is 10.2 Å². The molecule has 0 unspecified atom stereocenters. The monoisotopic (exact) mass is 310 g/mol. The van der Waals surface area contributed by atoms with Crippen LogP contribution in [0.3, 0.4) is 0 Å². The second-order valence-electron chi connectivity index (χ2n) is 5.00. The van der Waals surface area contributed by atoms with Gasteiger partial charge in [-0.1, -0.05) is 23.2 Å². The Hall–Kier alpha value is -1.19. The molecule has 0 aliphatic carbocycles. The van der Waals surface area contributed by atoms with Gasteiger partial charge in [-0.05, 0) is 37.5 Å². The van der Waals surface area contributed by atoms with Crippen LogP contribution in [-0.2, 0) is 0 Å². The van der Waals surface area contributed by atoms with Crippen molar-refractivity contribution in [2.45, 2.75) is 19.3 Å². The van der Waals surface area contributed by atoms with Crippen LogP contribution in [-0.4, -0.2) is 25.2 Å². The van der Waals surface area contributed by atoms with Crippen molar-refractivity contribution in [3.05, 3.63) is 28.4 Å². The summed E-state index contributed by atoms with van der Waals surface area (Å²) in [6, 6.07) is 5.66. The fourth-order valence-electron chi connectivity index (χ4n) is 2.68. The molecule has 0 bridgehead atoms. The molecule has 0 radical (unpaired) electrons. The van der Waals surface area contributed by atoms with E-state index in [1.165, 1.54) is 19.3 Å². The van der Waals surface area contributed by atoms with Gasteiger partial charge in [0.05, 0.1) is 23.3 Å². The first kappa shape index (κ1) is 13.8. The zero-order chi connectivity index (χ0) is 14.1. The van der Waals surface area contributed by atoms with Crippen molar-refractivity contribution < 1.29 is 4.74 Å².